The maximum Gasteiger partial charge on any atom is 0.113 e. The zero-order valence-electron chi connectivity index (χ0n) is 9.72. The number of rotatable bonds is 5. The monoisotopic (exact) mass is 221 g/mol. The van der Waals surface area contributed by atoms with Gasteiger partial charge in [-0.15, -0.1) is 0 Å². The zero-order valence-corrected chi connectivity index (χ0v) is 9.72. The van der Waals surface area contributed by atoms with E-state index in [4.69, 9.17) is 13.3 Å². The van der Waals surface area contributed by atoms with E-state index >= 15 is 0 Å². The SMILES string of the molecule is O.O.[B]c1ccc(CCC(=N)CCC)cc1. The molecule has 0 aromatic heterocycles. The summed E-state index contributed by atoms with van der Waals surface area (Å²) >= 11 is 0. The number of aryl methyl sites for hydroxylation is 1. The molecule has 3 nitrogen and oxygen atoms in total. The second-order valence-corrected chi connectivity index (χ2v) is 3.60. The summed E-state index contributed by atoms with van der Waals surface area (Å²) in [6, 6.07) is 7.90. The van der Waals surface area contributed by atoms with Gasteiger partial charge in [0.05, 0.1) is 0 Å². The molecule has 5 N–H and O–H groups in total. The molecule has 1 rings (SSSR count). The maximum absolute atomic E-state index is 7.66. The summed E-state index contributed by atoms with van der Waals surface area (Å²) < 4.78 is 0. The van der Waals surface area contributed by atoms with Crippen molar-refractivity contribution >= 4 is 19.0 Å². The van der Waals surface area contributed by atoms with E-state index < -0.39 is 0 Å². The van der Waals surface area contributed by atoms with Crippen molar-refractivity contribution in [3.05, 3.63) is 29.8 Å². The molecule has 0 saturated heterocycles. The van der Waals surface area contributed by atoms with Gasteiger partial charge < -0.3 is 16.4 Å². The minimum atomic E-state index is 0. The molecular formula is C12H20BNO2. The molecule has 0 saturated carbocycles. The van der Waals surface area contributed by atoms with E-state index in [9.17, 15) is 0 Å². The van der Waals surface area contributed by atoms with Crippen molar-refractivity contribution in [2.24, 2.45) is 0 Å². The molecule has 0 spiro atoms. The fourth-order valence-electron chi connectivity index (χ4n) is 1.41. The maximum atomic E-state index is 7.66. The van der Waals surface area contributed by atoms with Crippen molar-refractivity contribution in [2.75, 3.05) is 0 Å². The van der Waals surface area contributed by atoms with Crippen LogP contribution in [0, 0.1) is 5.41 Å². The Morgan fingerprint density at radius 1 is 1.12 bits per heavy atom. The van der Waals surface area contributed by atoms with Crippen LogP contribution in [0.4, 0.5) is 0 Å². The molecule has 4 heteroatoms. The van der Waals surface area contributed by atoms with E-state index in [0.29, 0.717) is 0 Å². The Morgan fingerprint density at radius 2 is 1.69 bits per heavy atom. The first-order valence-electron chi connectivity index (χ1n) is 5.13. The first kappa shape index (κ1) is 17.3. The second-order valence-electron chi connectivity index (χ2n) is 3.60. The topological polar surface area (TPSA) is 86.8 Å². The summed E-state index contributed by atoms with van der Waals surface area (Å²) in [6.45, 7) is 2.11. The molecule has 1 aromatic rings. The van der Waals surface area contributed by atoms with Gasteiger partial charge in [-0.1, -0.05) is 43.1 Å². The van der Waals surface area contributed by atoms with Gasteiger partial charge in [0, 0.05) is 5.71 Å². The molecule has 2 radical (unpaired) electrons. The highest BCUT2D eigenvalue weighted by molar-refractivity contribution is 6.32. The van der Waals surface area contributed by atoms with Gasteiger partial charge in [-0.3, -0.25) is 0 Å². The molecule has 0 fully saturated rings. The third kappa shape index (κ3) is 6.38. The summed E-state index contributed by atoms with van der Waals surface area (Å²) in [5, 5.41) is 7.66. The lowest BCUT2D eigenvalue weighted by Crippen LogP contribution is -2.02. The Kier molecular flexibility index (Phi) is 9.85. The van der Waals surface area contributed by atoms with Crippen LogP contribution in [0.5, 0.6) is 0 Å². The molecule has 0 amide bonds. The highest BCUT2D eigenvalue weighted by atomic mass is 16.0. The van der Waals surface area contributed by atoms with Crippen LogP contribution in [0.15, 0.2) is 24.3 Å². The Balaban J connectivity index is 0. The third-order valence-corrected chi connectivity index (χ3v) is 2.25. The van der Waals surface area contributed by atoms with Crippen LogP contribution < -0.4 is 5.46 Å². The van der Waals surface area contributed by atoms with E-state index in [2.05, 4.69) is 6.92 Å². The van der Waals surface area contributed by atoms with Gasteiger partial charge in [0.2, 0.25) is 0 Å². The van der Waals surface area contributed by atoms with Crippen LogP contribution in [0.1, 0.15) is 31.7 Å². The van der Waals surface area contributed by atoms with Crippen molar-refractivity contribution in [3.63, 3.8) is 0 Å². The smallest absolute Gasteiger partial charge is 0.113 e. The molecule has 0 unspecified atom stereocenters. The minimum absolute atomic E-state index is 0. The first-order chi connectivity index (χ1) is 6.72. The number of hydrogen-bond acceptors (Lipinski definition) is 1. The minimum Gasteiger partial charge on any atom is -0.412 e. The highest BCUT2D eigenvalue weighted by Crippen LogP contribution is 2.04. The second kappa shape index (κ2) is 9.13. The molecule has 1 aromatic carbocycles. The van der Waals surface area contributed by atoms with Crippen molar-refractivity contribution in [2.45, 2.75) is 32.6 Å². The lowest BCUT2D eigenvalue weighted by atomic mass is 9.94. The molecule has 0 aliphatic rings. The number of benzene rings is 1. The number of hydrogen-bond donors (Lipinski definition) is 1. The van der Waals surface area contributed by atoms with Gasteiger partial charge in [0.15, 0.2) is 0 Å². The normalized spacial score (nSPS) is 8.81. The largest absolute Gasteiger partial charge is 0.412 e. The Bertz CT molecular complexity index is 298. The predicted molar refractivity (Wildman–Crippen MR) is 70.0 cm³/mol. The summed E-state index contributed by atoms with van der Waals surface area (Å²) in [7, 11) is 5.59. The average Bonchev–Trinajstić information content (AvgIpc) is 2.17. The summed E-state index contributed by atoms with van der Waals surface area (Å²) in [4.78, 5) is 0. The lowest BCUT2D eigenvalue weighted by molar-refractivity contribution is 0.823. The van der Waals surface area contributed by atoms with Crippen LogP contribution in [0.2, 0.25) is 0 Å². The molecule has 0 bridgehead atoms. The van der Waals surface area contributed by atoms with Crippen LogP contribution >= 0.6 is 0 Å². The average molecular weight is 221 g/mol. The van der Waals surface area contributed by atoms with Crippen molar-refractivity contribution in [3.8, 4) is 0 Å². The third-order valence-electron chi connectivity index (χ3n) is 2.25. The van der Waals surface area contributed by atoms with E-state index in [0.717, 1.165) is 36.9 Å². The predicted octanol–water partition coefficient (Wildman–Crippen LogP) is 0.583. The number of nitrogens with one attached hydrogen (secondary N) is 1. The van der Waals surface area contributed by atoms with E-state index in [1.807, 2.05) is 24.3 Å². The van der Waals surface area contributed by atoms with Crippen LogP contribution in [-0.4, -0.2) is 24.5 Å². The summed E-state index contributed by atoms with van der Waals surface area (Å²) in [6.07, 6.45) is 3.83. The Hall–Kier alpha value is -1.13. The molecular weight excluding hydrogens is 201 g/mol. The van der Waals surface area contributed by atoms with E-state index in [1.54, 1.807) is 0 Å². The van der Waals surface area contributed by atoms with Crippen molar-refractivity contribution < 1.29 is 11.0 Å². The fourth-order valence-corrected chi connectivity index (χ4v) is 1.41. The lowest BCUT2D eigenvalue weighted by Gasteiger charge is -2.03. The fraction of sp³-hybridized carbons (Fsp3) is 0.417. The molecule has 0 aliphatic heterocycles. The van der Waals surface area contributed by atoms with E-state index in [-0.39, 0.29) is 11.0 Å². The zero-order chi connectivity index (χ0) is 10.4. The van der Waals surface area contributed by atoms with Gasteiger partial charge in [-0.2, -0.15) is 0 Å². The molecule has 16 heavy (non-hydrogen) atoms. The van der Waals surface area contributed by atoms with E-state index in [1.165, 1.54) is 5.56 Å². The first-order valence-corrected chi connectivity index (χ1v) is 5.13. The quantitative estimate of drug-likeness (QED) is 0.557. The van der Waals surface area contributed by atoms with Gasteiger partial charge in [0.1, 0.15) is 7.85 Å². The van der Waals surface area contributed by atoms with Crippen molar-refractivity contribution in [1.29, 1.82) is 5.41 Å². The highest BCUT2D eigenvalue weighted by Gasteiger charge is 1.97. The standard InChI is InChI=1S/C12H16BN.2H2O/c1-2-3-12(14)9-6-10-4-7-11(13)8-5-10;;/h4-5,7-8,14H,2-3,6,9H2,1H3;2*1H2. The van der Waals surface area contributed by atoms with Crippen molar-refractivity contribution in [1.82, 2.24) is 0 Å². The van der Waals surface area contributed by atoms with Crippen LogP contribution in [0.25, 0.3) is 0 Å². The summed E-state index contributed by atoms with van der Waals surface area (Å²) in [5.74, 6) is 0. The molecule has 0 aliphatic carbocycles. The van der Waals surface area contributed by atoms with Crippen LogP contribution in [0.3, 0.4) is 0 Å². The summed E-state index contributed by atoms with van der Waals surface area (Å²) in [5.41, 5.74) is 2.92. The Labute approximate surface area is 98.4 Å². The Morgan fingerprint density at radius 3 is 2.19 bits per heavy atom. The van der Waals surface area contributed by atoms with Gasteiger partial charge in [0.25, 0.3) is 0 Å². The molecule has 88 valence electrons. The molecule has 0 atom stereocenters. The van der Waals surface area contributed by atoms with Gasteiger partial charge >= 0.3 is 0 Å². The van der Waals surface area contributed by atoms with Gasteiger partial charge in [-0.05, 0) is 24.8 Å². The van der Waals surface area contributed by atoms with Gasteiger partial charge in [-0.25, -0.2) is 0 Å². The molecule has 0 heterocycles. The van der Waals surface area contributed by atoms with Crippen LogP contribution in [-0.2, 0) is 6.42 Å².